The van der Waals surface area contributed by atoms with Crippen molar-refractivity contribution in [2.24, 2.45) is 7.05 Å². The maximum absolute atomic E-state index is 14.3. The van der Waals surface area contributed by atoms with Crippen molar-refractivity contribution in [3.8, 4) is 16.9 Å². The van der Waals surface area contributed by atoms with Crippen molar-refractivity contribution in [1.82, 2.24) is 24.1 Å². The Morgan fingerprint density at radius 3 is 2.39 bits per heavy atom. The van der Waals surface area contributed by atoms with E-state index in [0.717, 1.165) is 62.8 Å². The molecule has 0 aliphatic carbocycles. The molecule has 0 unspecified atom stereocenters. The number of aryl methyl sites for hydroxylation is 3. The van der Waals surface area contributed by atoms with E-state index in [-0.39, 0.29) is 11.8 Å². The first-order valence-corrected chi connectivity index (χ1v) is 17.3. The Morgan fingerprint density at radius 1 is 0.980 bits per heavy atom. The van der Waals surface area contributed by atoms with Gasteiger partial charge < -0.3 is 23.8 Å². The Labute approximate surface area is 294 Å². The number of rotatable bonds is 13. The number of carbonyl (C=O) groups is 1. The minimum atomic E-state index is -0.688. The van der Waals surface area contributed by atoms with Gasteiger partial charge in [-0.3, -0.25) is 4.68 Å². The van der Waals surface area contributed by atoms with Gasteiger partial charge in [-0.1, -0.05) is 29.8 Å². The molecule has 0 saturated heterocycles. The summed E-state index contributed by atoms with van der Waals surface area (Å²) >= 11 is 7.08. The number of esters is 1. The van der Waals surface area contributed by atoms with E-state index in [0.29, 0.717) is 49.0 Å². The lowest BCUT2D eigenvalue weighted by molar-refractivity contribution is 0.00563. The molecule has 0 atom stereocenters. The molecule has 5 rings (SSSR count). The molecular weight excluding hydrogens is 641 g/mol. The molecule has 0 N–H and O–H groups in total. The van der Waals surface area contributed by atoms with Gasteiger partial charge in [0, 0.05) is 60.8 Å². The van der Waals surface area contributed by atoms with E-state index in [9.17, 15) is 9.18 Å². The molecule has 262 valence electrons. The molecule has 2 aromatic heterocycles. The van der Waals surface area contributed by atoms with E-state index in [1.54, 1.807) is 6.07 Å². The van der Waals surface area contributed by atoms with Crippen LogP contribution in [-0.4, -0.2) is 83.1 Å². The van der Waals surface area contributed by atoms with E-state index >= 15 is 0 Å². The van der Waals surface area contributed by atoms with Crippen LogP contribution in [-0.2, 0) is 24.8 Å². The van der Waals surface area contributed by atoms with Crippen LogP contribution in [0.2, 0.25) is 5.02 Å². The molecule has 0 spiro atoms. The Bertz CT molecular complexity index is 1970. The van der Waals surface area contributed by atoms with Crippen molar-refractivity contribution in [2.75, 3.05) is 47.4 Å². The van der Waals surface area contributed by atoms with Crippen LogP contribution in [0.1, 0.15) is 54.6 Å². The maximum atomic E-state index is 14.3. The van der Waals surface area contributed by atoms with Crippen LogP contribution in [0, 0.1) is 19.7 Å². The normalized spacial score (nSPS) is 12.2. The average molecular weight is 690 g/mol. The molecule has 0 fully saturated rings. The second-order valence-electron chi connectivity index (χ2n) is 14.1. The van der Waals surface area contributed by atoms with Gasteiger partial charge in [-0.05, 0) is 110 Å². The number of halogens is 2. The van der Waals surface area contributed by atoms with E-state index in [1.165, 1.54) is 12.1 Å². The molecule has 8 nitrogen and oxygen atoms in total. The number of fused-ring (bicyclic) bond motifs is 2. The monoisotopic (exact) mass is 689 g/mol. The highest BCUT2D eigenvalue weighted by atomic mass is 35.5. The molecule has 5 aromatic rings. The third-order valence-electron chi connectivity index (χ3n) is 8.89. The van der Waals surface area contributed by atoms with Crippen molar-refractivity contribution in [3.63, 3.8) is 0 Å². The number of hydrogen-bond acceptors (Lipinski definition) is 6. The van der Waals surface area contributed by atoms with Gasteiger partial charge in [-0.25, -0.2) is 9.18 Å². The predicted octanol–water partition coefficient (Wildman–Crippen LogP) is 8.06. The Balaban J connectivity index is 1.61. The number of likely N-dealkylation sites (N-methyl/N-ethyl adjacent to an activating group) is 2. The third-order valence-corrected chi connectivity index (χ3v) is 9.21. The molecule has 10 heteroatoms. The Kier molecular flexibility index (Phi) is 11.1. The van der Waals surface area contributed by atoms with Crippen LogP contribution in [0.3, 0.4) is 0 Å². The quantitative estimate of drug-likeness (QED) is 0.0921. The summed E-state index contributed by atoms with van der Waals surface area (Å²) in [7, 11) is 8.17. The van der Waals surface area contributed by atoms with Crippen molar-refractivity contribution in [2.45, 2.75) is 59.6 Å². The number of aromatic nitrogens is 3. The van der Waals surface area contributed by atoms with Gasteiger partial charge in [0.1, 0.15) is 22.9 Å². The summed E-state index contributed by atoms with van der Waals surface area (Å²) in [5.41, 5.74) is 5.35. The Morgan fingerprint density at radius 2 is 1.71 bits per heavy atom. The Hall–Kier alpha value is -3.92. The lowest BCUT2D eigenvalue weighted by Crippen LogP contribution is -2.32. The molecule has 0 bridgehead atoms. The number of benzene rings is 3. The average Bonchev–Trinajstić information content (AvgIpc) is 3.47. The van der Waals surface area contributed by atoms with Crippen LogP contribution in [0.5, 0.6) is 5.75 Å². The summed E-state index contributed by atoms with van der Waals surface area (Å²) in [5.74, 6) is 0.0498. The molecule has 0 amide bonds. The van der Waals surface area contributed by atoms with Crippen LogP contribution in [0.15, 0.2) is 48.5 Å². The highest BCUT2D eigenvalue weighted by Gasteiger charge is 2.30. The highest BCUT2D eigenvalue weighted by Crippen LogP contribution is 2.42. The third kappa shape index (κ3) is 8.11. The first-order valence-electron chi connectivity index (χ1n) is 16.9. The van der Waals surface area contributed by atoms with Gasteiger partial charge in [0.2, 0.25) is 0 Å². The zero-order valence-corrected chi connectivity index (χ0v) is 31.0. The first-order chi connectivity index (χ1) is 23.2. The molecular formula is C39H49ClFN5O3. The molecule has 0 saturated carbocycles. The fourth-order valence-corrected chi connectivity index (χ4v) is 6.68. The van der Waals surface area contributed by atoms with Gasteiger partial charge in [0.25, 0.3) is 0 Å². The van der Waals surface area contributed by atoms with Gasteiger partial charge in [0.05, 0.1) is 22.8 Å². The summed E-state index contributed by atoms with van der Waals surface area (Å²) in [6, 6.07) is 14.3. The van der Waals surface area contributed by atoms with E-state index < -0.39 is 5.60 Å². The van der Waals surface area contributed by atoms with E-state index in [4.69, 9.17) is 26.2 Å². The van der Waals surface area contributed by atoms with Gasteiger partial charge in [-0.2, -0.15) is 5.10 Å². The summed E-state index contributed by atoms with van der Waals surface area (Å²) in [5, 5.41) is 7.92. The smallest absolute Gasteiger partial charge is 0.355 e. The zero-order valence-electron chi connectivity index (χ0n) is 30.3. The number of carbonyl (C=O) groups excluding carboxylic acids is 1. The molecule has 0 radical (unpaired) electrons. The largest absolute Gasteiger partial charge is 0.493 e. The van der Waals surface area contributed by atoms with Crippen molar-refractivity contribution in [3.05, 3.63) is 82.0 Å². The second kappa shape index (κ2) is 14.9. The molecule has 2 heterocycles. The van der Waals surface area contributed by atoms with E-state index in [1.807, 2.05) is 76.7 Å². The van der Waals surface area contributed by atoms with Crippen molar-refractivity contribution >= 4 is 39.2 Å². The topological polar surface area (TPSA) is 64.8 Å². The van der Waals surface area contributed by atoms with Crippen LogP contribution < -0.4 is 4.74 Å². The zero-order chi connectivity index (χ0) is 35.6. The lowest BCUT2D eigenvalue weighted by atomic mass is 9.98. The minimum Gasteiger partial charge on any atom is -0.493 e. The van der Waals surface area contributed by atoms with Crippen molar-refractivity contribution < 1.29 is 18.7 Å². The maximum Gasteiger partial charge on any atom is 0.355 e. The molecule has 3 aromatic carbocycles. The SMILES string of the molecule is Cc1nn(C)c(C)c1-c1c(Cl)ccc2c(CCCOc3cccc4cc(F)ccc34)c(C(=O)OC(C)(C)C)n(CCN(C)CCN(C)C)c12. The van der Waals surface area contributed by atoms with Gasteiger partial charge in [0.15, 0.2) is 0 Å². The number of ether oxygens (including phenoxy) is 2. The van der Waals surface area contributed by atoms with E-state index in [2.05, 4.69) is 35.5 Å². The molecule has 0 aliphatic heterocycles. The fourth-order valence-electron chi connectivity index (χ4n) is 6.44. The summed E-state index contributed by atoms with van der Waals surface area (Å²) in [4.78, 5) is 18.7. The molecule has 0 aliphatic rings. The van der Waals surface area contributed by atoms with Crippen LogP contribution in [0.25, 0.3) is 32.8 Å². The second-order valence-corrected chi connectivity index (χ2v) is 14.6. The van der Waals surface area contributed by atoms with Crippen LogP contribution >= 0.6 is 11.6 Å². The number of hydrogen-bond donors (Lipinski definition) is 0. The fraction of sp³-hybridized carbons (Fsp3) is 0.436. The summed E-state index contributed by atoms with van der Waals surface area (Å²) in [6.07, 6.45) is 1.21. The van der Waals surface area contributed by atoms with Crippen LogP contribution in [0.4, 0.5) is 4.39 Å². The summed E-state index contributed by atoms with van der Waals surface area (Å²) < 4.78 is 30.2. The predicted molar refractivity (Wildman–Crippen MR) is 198 cm³/mol. The lowest BCUT2D eigenvalue weighted by Gasteiger charge is -2.23. The minimum absolute atomic E-state index is 0.282. The highest BCUT2D eigenvalue weighted by molar-refractivity contribution is 6.35. The number of nitrogens with zero attached hydrogens (tertiary/aromatic N) is 5. The summed E-state index contributed by atoms with van der Waals surface area (Å²) in [6.45, 7) is 13.2. The first kappa shape index (κ1) is 36.4. The standard InChI is InChI=1S/C39H49ClFN5O3/c1-25-34(26(2)45(9)42-25)35-32(40)18-17-31-30(13-11-23-48-33-14-10-12-27-24-28(41)15-16-29(27)33)37(38(47)49-39(3,4)5)46(36(31)35)22-21-44(8)20-19-43(6)7/h10,12,14-18,24H,11,13,19-23H2,1-9H3. The van der Waals surface area contributed by atoms with Gasteiger partial charge in [-0.15, -0.1) is 0 Å². The van der Waals surface area contributed by atoms with Crippen molar-refractivity contribution in [1.29, 1.82) is 0 Å². The van der Waals surface area contributed by atoms with Gasteiger partial charge >= 0.3 is 5.97 Å². The molecule has 49 heavy (non-hydrogen) atoms.